The monoisotopic (exact) mass is 388 g/mol. The molecule has 2 aliphatic rings. The van der Waals surface area contributed by atoms with Gasteiger partial charge in [0.25, 0.3) is 5.91 Å². The van der Waals surface area contributed by atoms with Crippen LogP contribution >= 0.6 is 0 Å². The van der Waals surface area contributed by atoms with Crippen LogP contribution in [0.3, 0.4) is 0 Å². The third-order valence-corrected chi connectivity index (χ3v) is 5.88. The van der Waals surface area contributed by atoms with Gasteiger partial charge in [0.05, 0.1) is 5.56 Å². The van der Waals surface area contributed by atoms with Gasteiger partial charge >= 0.3 is 0 Å². The summed E-state index contributed by atoms with van der Waals surface area (Å²) in [7, 11) is 0. The first kappa shape index (κ1) is 18.0. The number of piperidine rings is 1. The lowest BCUT2D eigenvalue weighted by atomic mass is 9.95. The number of imidazole rings is 1. The molecule has 1 amide bonds. The van der Waals surface area contributed by atoms with E-state index < -0.39 is 0 Å². The van der Waals surface area contributed by atoms with Gasteiger partial charge in [0.2, 0.25) is 0 Å². The van der Waals surface area contributed by atoms with Crippen LogP contribution in [0.2, 0.25) is 0 Å². The fourth-order valence-electron chi connectivity index (χ4n) is 4.03. The summed E-state index contributed by atoms with van der Waals surface area (Å²) in [4.78, 5) is 32.1. The quantitative estimate of drug-likeness (QED) is 0.671. The largest absolute Gasteiger partial charge is 0.339 e. The van der Waals surface area contributed by atoms with E-state index in [1.807, 2.05) is 23.2 Å². The number of amides is 1. The number of hydrogen-bond acceptors (Lipinski definition) is 5. The summed E-state index contributed by atoms with van der Waals surface area (Å²) in [6, 6.07) is 3.71. The van der Waals surface area contributed by atoms with Gasteiger partial charge < -0.3 is 9.47 Å². The van der Waals surface area contributed by atoms with Gasteiger partial charge in [-0.05, 0) is 43.7 Å². The second-order valence-electron chi connectivity index (χ2n) is 7.98. The van der Waals surface area contributed by atoms with E-state index >= 15 is 0 Å². The molecule has 1 aliphatic carbocycles. The van der Waals surface area contributed by atoms with Gasteiger partial charge in [0, 0.05) is 68.3 Å². The van der Waals surface area contributed by atoms with Crippen molar-refractivity contribution < 1.29 is 4.79 Å². The zero-order valence-corrected chi connectivity index (χ0v) is 16.3. The van der Waals surface area contributed by atoms with Crippen molar-refractivity contribution in [2.24, 2.45) is 5.92 Å². The molecule has 29 heavy (non-hydrogen) atoms. The van der Waals surface area contributed by atoms with E-state index in [0.29, 0.717) is 17.3 Å². The SMILES string of the molecule is O=C(c1cnc(-c2ccncc2)nc1)N1CCC(c2nccn2CC2CC2)CC1. The zero-order chi connectivity index (χ0) is 19.6. The highest BCUT2D eigenvalue weighted by molar-refractivity contribution is 5.93. The van der Waals surface area contributed by atoms with Gasteiger partial charge in [0.1, 0.15) is 5.82 Å². The van der Waals surface area contributed by atoms with Crippen LogP contribution < -0.4 is 0 Å². The van der Waals surface area contributed by atoms with Crippen LogP contribution in [0.1, 0.15) is 47.8 Å². The number of nitrogens with zero attached hydrogens (tertiary/aromatic N) is 6. The summed E-state index contributed by atoms with van der Waals surface area (Å²) in [6.07, 6.45) is 15.3. The van der Waals surface area contributed by atoms with Gasteiger partial charge in [-0.2, -0.15) is 0 Å². The van der Waals surface area contributed by atoms with Gasteiger partial charge in [0.15, 0.2) is 5.82 Å². The van der Waals surface area contributed by atoms with Crippen molar-refractivity contribution in [3.05, 3.63) is 60.7 Å². The minimum absolute atomic E-state index is 0.00560. The summed E-state index contributed by atoms with van der Waals surface area (Å²) in [5.74, 6) is 3.06. The molecule has 0 N–H and O–H groups in total. The first-order chi connectivity index (χ1) is 14.3. The lowest BCUT2D eigenvalue weighted by Gasteiger charge is -2.32. The molecule has 148 valence electrons. The molecule has 4 heterocycles. The number of aromatic nitrogens is 5. The lowest BCUT2D eigenvalue weighted by Crippen LogP contribution is -2.38. The van der Waals surface area contributed by atoms with Gasteiger partial charge in [-0.3, -0.25) is 9.78 Å². The second kappa shape index (κ2) is 7.73. The number of pyridine rings is 1. The average molecular weight is 388 g/mol. The standard InChI is InChI=1S/C22H24N6O/c29-22(19-13-25-20(26-14-19)17-3-7-23-8-4-17)27-10-5-18(6-11-27)21-24-9-12-28(21)15-16-1-2-16/h3-4,7-9,12-14,16,18H,1-2,5-6,10-11,15H2. The fraction of sp³-hybridized carbons (Fsp3) is 0.409. The Morgan fingerprint density at radius 2 is 1.69 bits per heavy atom. The highest BCUT2D eigenvalue weighted by Crippen LogP contribution is 2.33. The molecule has 5 rings (SSSR count). The van der Waals surface area contributed by atoms with Crippen molar-refractivity contribution in [1.82, 2.24) is 29.4 Å². The normalized spacial score (nSPS) is 17.4. The Morgan fingerprint density at radius 3 is 2.38 bits per heavy atom. The summed E-state index contributed by atoms with van der Waals surface area (Å²) in [6.45, 7) is 2.58. The highest BCUT2D eigenvalue weighted by atomic mass is 16.2. The van der Waals surface area contributed by atoms with Crippen LogP contribution in [0.25, 0.3) is 11.4 Å². The highest BCUT2D eigenvalue weighted by Gasteiger charge is 2.29. The number of rotatable bonds is 5. The molecule has 0 radical (unpaired) electrons. The number of hydrogen-bond donors (Lipinski definition) is 0. The zero-order valence-electron chi connectivity index (χ0n) is 16.3. The molecule has 7 heteroatoms. The van der Waals surface area contributed by atoms with E-state index in [1.54, 1.807) is 24.8 Å². The third kappa shape index (κ3) is 3.90. The van der Waals surface area contributed by atoms with Crippen molar-refractivity contribution in [3.8, 4) is 11.4 Å². The van der Waals surface area contributed by atoms with Crippen molar-refractivity contribution in [2.75, 3.05) is 13.1 Å². The first-order valence-corrected chi connectivity index (χ1v) is 10.3. The maximum atomic E-state index is 12.9. The number of likely N-dealkylation sites (tertiary alicyclic amines) is 1. The maximum absolute atomic E-state index is 12.9. The summed E-state index contributed by atoms with van der Waals surface area (Å²) in [5, 5.41) is 0. The lowest BCUT2D eigenvalue weighted by molar-refractivity contribution is 0.0709. The first-order valence-electron chi connectivity index (χ1n) is 10.3. The Labute approximate surface area is 169 Å². The molecular weight excluding hydrogens is 364 g/mol. The maximum Gasteiger partial charge on any atom is 0.256 e. The van der Waals surface area contributed by atoms with Gasteiger partial charge in [-0.25, -0.2) is 15.0 Å². The molecule has 0 spiro atoms. The predicted octanol–water partition coefficient (Wildman–Crippen LogP) is 3.16. The molecule has 0 aromatic carbocycles. The Kier molecular flexibility index (Phi) is 4.79. The Balaban J connectivity index is 1.22. The van der Waals surface area contributed by atoms with Gasteiger partial charge in [-0.15, -0.1) is 0 Å². The van der Waals surface area contributed by atoms with Crippen molar-refractivity contribution in [3.63, 3.8) is 0 Å². The molecule has 1 saturated heterocycles. The van der Waals surface area contributed by atoms with Crippen LogP contribution in [0.15, 0.2) is 49.3 Å². The smallest absolute Gasteiger partial charge is 0.256 e. The molecule has 1 aliphatic heterocycles. The van der Waals surface area contributed by atoms with Crippen LogP contribution in [0.4, 0.5) is 0 Å². The summed E-state index contributed by atoms with van der Waals surface area (Å²) < 4.78 is 2.32. The molecule has 3 aromatic heterocycles. The minimum atomic E-state index is 0.00560. The van der Waals surface area contributed by atoms with Crippen LogP contribution in [0, 0.1) is 5.92 Å². The number of carbonyl (C=O) groups is 1. The second-order valence-corrected chi connectivity index (χ2v) is 7.98. The fourth-order valence-corrected chi connectivity index (χ4v) is 4.03. The van der Waals surface area contributed by atoms with E-state index in [0.717, 1.165) is 44.0 Å². The Morgan fingerprint density at radius 1 is 0.966 bits per heavy atom. The molecule has 7 nitrogen and oxygen atoms in total. The predicted molar refractivity (Wildman–Crippen MR) is 108 cm³/mol. The third-order valence-electron chi connectivity index (χ3n) is 5.88. The summed E-state index contributed by atoms with van der Waals surface area (Å²) >= 11 is 0. The van der Waals surface area contributed by atoms with Crippen LogP contribution in [-0.4, -0.2) is 48.4 Å². The molecule has 0 unspecified atom stereocenters. The Hall–Kier alpha value is -3.09. The Bertz CT molecular complexity index is 972. The van der Waals surface area contributed by atoms with E-state index in [4.69, 9.17) is 0 Å². The average Bonchev–Trinajstić information content (AvgIpc) is 3.49. The molecule has 3 aromatic rings. The van der Waals surface area contributed by atoms with Crippen LogP contribution in [-0.2, 0) is 6.54 Å². The molecule has 0 atom stereocenters. The molecule has 2 fully saturated rings. The molecule has 0 bridgehead atoms. The van der Waals surface area contributed by atoms with E-state index in [1.165, 1.54) is 18.7 Å². The van der Waals surface area contributed by atoms with E-state index in [9.17, 15) is 4.79 Å². The number of carbonyl (C=O) groups excluding carboxylic acids is 1. The molecular formula is C22H24N6O. The molecule has 1 saturated carbocycles. The van der Waals surface area contributed by atoms with Crippen molar-refractivity contribution >= 4 is 5.91 Å². The van der Waals surface area contributed by atoms with Crippen molar-refractivity contribution in [1.29, 1.82) is 0 Å². The van der Waals surface area contributed by atoms with E-state index in [2.05, 4.69) is 30.7 Å². The topological polar surface area (TPSA) is 76.8 Å². The summed E-state index contributed by atoms with van der Waals surface area (Å²) in [5.41, 5.74) is 1.43. The van der Waals surface area contributed by atoms with Crippen LogP contribution in [0.5, 0.6) is 0 Å². The van der Waals surface area contributed by atoms with Crippen molar-refractivity contribution in [2.45, 2.75) is 38.1 Å². The van der Waals surface area contributed by atoms with Gasteiger partial charge in [-0.1, -0.05) is 0 Å². The minimum Gasteiger partial charge on any atom is -0.339 e. The van der Waals surface area contributed by atoms with E-state index in [-0.39, 0.29) is 5.91 Å².